The van der Waals surface area contributed by atoms with E-state index >= 15 is 0 Å². The maximum Gasteiger partial charge on any atom is 0.130 e. The number of rotatable bonds is 1. The molecule has 0 aromatic rings. The fraction of sp³-hybridized carbons (Fsp3) is 0.875. The van der Waals surface area contributed by atoms with Gasteiger partial charge in [0.25, 0.3) is 0 Å². The molecular weight excluding hydrogens is 176 g/mol. The summed E-state index contributed by atoms with van der Waals surface area (Å²) in [7, 11) is 0. The average Bonchev–Trinajstić information content (AvgIpc) is 2.11. The van der Waals surface area contributed by atoms with Crippen LogP contribution in [-0.2, 0) is 0 Å². The Morgan fingerprint density at radius 3 is 2.08 bits per heavy atom. The molecule has 0 aromatic heterocycles. The van der Waals surface area contributed by atoms with Crippen LogP contribution < -0.4 is 0 Å². The Kier molecular flexibility index (Phi) is 2.23. The maximum atomic E-state index is 9.75. The van der Waals surface area contributed by atoms with E-state index in [4.69, 9.17) is 11.6 Å². The molecule has 1 heterocycles. The molecule has 0 aliphatic carbocycles. The second-order valence-electron chi connectivity index (χ2n) is 4.06. The average molecular weight is 191 g/mol. The summed E-state index contributed by atoms with van der Waals surface area (Å²) in [6.45, 7) is 7.52. The van der Waals surface area contributed by atoms with Crippen LogP contribution in [0.1, 0.15) is 27.7 Å². The number of alkyl halides is 1. The van der Waals surface area contributed by atoms with E-state index in [1.165, 1.54) is 5.06 Å². The van der Waals surface area contributed by atoms with Gasteiger partial charge in [0.2, 0.25) is 0 Å². The SMILES string of the molecule is CC1(C)N=C(CCl)C(C)(C)N1O. The standard InChI is InChI=1S/C8H15ClN2O/c1-7(2)6(5-9)10-8(3,4)11(7)12/h12H,5H2,1-4H3. The third kappa shape index (κ3) is 1.26. The minimum atomic E-state index is -0.548. The van der Waals surface area contributed by atoms with Crippen molar-refractivity contribution in [1.82, 2.24) is 5.06 Å². The van der Waals surface area contributed by atoms with Crippen LogP contribution in [0.4, 0.5) is 0 Å². The molecule has 0 saturated heterocycles. The van der Waals surface area contributed by atoms with Gasteiger partial charge >= 0.3 is 0 Å². The number of hydrogen-bond acceptors (Lipinski definition) is 3. The molecule has 0 spiro atoms. The van der Waals surface area contributed by atoms with E-state index in [1.54, 1.807) is 0 Å². The Balaban J connectivity index is 3.03. The van der Waals surface area contributed by atoms with E-state index in [2.05, 4.69) is 4.99 Å². The van der Waals surface area contributed by atoms with E-state index in [1.807, 2.05) is 27.7 Å². The minimum Gasteiger partial charge on any atom is -0.311 e. The minimum absolute atomic E-state index is 0.369. The molecule has 3 nitrogen and oxygen atoms in total. The number of aliphatic imine (C=N–C) groups is 1. The molecular formula is C8H15ClN2O. The maximum absolute atomic E-state index is 9.75. The van der Waals surface area contributed by atoms with Crippen molar-refractivity contribution in [3.63, 3.8) is 0 Å². The summed E-state index contributed by atoms with van der Waals surface area (Å²) in [5.41, 5.74) is -0.157. The second-order valence-corrected chi connectivity index (χ2v) is 4.32. The molecule has 12 heavy (non-hydrogen) atoms. The van der Waals surface area contributed by atoms with Crippen LogP contribution in [0.25, 0.3) is 0 Å². The summed E-state index contributed by atoms with van der Waals surface area (Å²) in [6, 6.07) is 0. The van der Waals surface area contributed by atoms with Gasteiger partial charge in [0.1, 0.15) is 5.66 Å². The van der Waals surface area contributed by atoms with Gasteiger partial charge in [0.15, 0.2) is 0 Å². The van der Waals surface area contributed by atoms with Crippen LogP contribution in [0.15, 0.2) is 4.99 Å². The number of hydrogen-bond donors (Lipinski definition) is 1. The Labute approximate surface area is 78.0 Å². The highest BCUT2D eigenvalue weighted by Gasteiger charge is 2.46. The highest BCUT2D eigenvalue weighted by molar-refractivity contribution is 6.30. The molecule has 1 aliphatic heterocycles. The van der Waals surface area contributed by atoms with Crippen LogP contribution in [0.5, 0.6) is 0 Å². The third-order valence-corrected chi connectivity index (χ3v) is 2.54. The molecule has 1 N–H and O–H groups in total. The first-order valence-electron chi connectivity index (χ1n) is 3.97. The predicted molar refractivity (Wildman–Crippen MR) is 49.9 cm³/mol. The molecule has 70 valence electrons. The van der Waals surface area contributed by atoms with Crippen molar-refractivity contribution in [2.75, 3.05) is 5.88 Å². The lowest BCUT2D eigenvalue weighted by Crippen LogP contribution is -2.50. The van der Waals surface area contributed by atoms with Gasteiger partial charge in [-0.25, -0.2) is 0 Å². The zero-order chi connectivity index (χ0) is 9.57. The van der Waals surface area contributed by atoms with Gasteiger partial charge in [-0.3, -0.25) is 4.99 Å². The van der Waals surface area contributed by atoms with Gasteiger partial charge < -0.3 is 5.21 Å². The summed E-state index contributed by atoms with van der Waals surface area (Å²) >= 11 is 5.72. The molecule has 4 heteroatoms. The van der Waals surface area contributed by atoms with Crippen molar-refractivity contribution < 1.29 is 5.21 Å². The largest absolute Gasteiger partial charge is 0.311 e. The summed E-state index contributed by atoms with van der Waals surface area (Å²) in [6.07, 6.45) is 0. The van der Waals surface area contributed by atoms with Crippen molar-refractivity contribution >= 4 is 17.3 Å². The van der Waals surface area contributed by atoms with E-state index in [0.29, 0.717) is 5.88 Å². The van der Waals surface area contributed by atoms with Crippen molar-refractivity contribution in [1.29, 1.82) is 0 Å². The summed E-state index contributed by atoms with van der Waals surface area (Å²) in [4.78, 5) is 4.33. The number of halogens is 1. The van der Waals surface area contributed by atoms with E-state index in [-0.39, 0.29) is 0 Å². The predicted octanol–water partition coefficient (Wildman–Crippen LogP) is 1.89. The molecule has 0 saturated carbocycles. The van der Waals surface area contributed by atoms with Gasteiger partial charge in [-0.15, -0.1) is 11.6 Å². The zero-order valence-corrected chi connectivity index (χ0v) is 8.68. The van der Waals surface area contributed by atoms with Crippen molar-refractivity contribution in [3.05, 3.63) is 0 Å². The van der Waals surface area contributed by atoms with E-state index in [0.717, 1.165) is 5.71 Å². The van der Waals surface area contributed by atoms with E-state index < -0.39 is 11.2 Å². The van der Waals surface area contributed by atoms with Gasteiger partial charge in [0.05, 0.1) is 17.1 Å². The smallest absolute Gasteiger partial charge is 0.130 e. The van der Waals surface area contributed by atoms with Crippen molar-refractivity contribution in [2.24, 2.45) is 4.99 Å². The van der Waals surface area contributed by atoms with Gasteiger partial charge in [-0.1, -0.05) is 0 Å². The van der Waals surface area contributed by atoms with Crippen LogP contribution >= 0.6 is 11.6 Å². The molecule has 0 bridgehead atoms. The van der Waals surface area contributed by atoms with Gasteiger partial charge in [-0.05, 0) is 27.7 Å². The highest BCUT2D eigenvalue weighted by Crippen LogP contribution is 2.33. The molecule has 0 aromatic carbocycles. The molecule has 0 atom stereocenters. The van der Waals surface area contributed by atoms with Crippen LogP contribution in [-0.4, -0.2) is 33.1 Å². The molecule has 1 aliphatic rings. The summed E-state index contributed by atoms with van der Waals surface area (Å²) in [5.74, 6) is 0.369. The summed E-state index contributed by atoms with van der Waals surface area (Å²) < 4.78 is 0. The Morgan fingerprint density at radius 1 is 1.42 bits per heavy atom. The molecule has 0 radical (unpaired) electrons. The Morgan fingerprint density at radius 2 is 1.92 bits per heavy atom. The lowest BCUT2D eigenvalue weighted by atomic mass is 10.00. The van der Waals surface area contributed by atoms with Crippen LogP contribution in [0.2, 0.25) is 0 Å². The quantitative estimate of drug-likeness (QED) is 0.641. The van der Waals surface area contributed by atoms with Gasteiger partial charge in [-0.2, -0.15) is 5.06 Å². The molecule has 1 rings (SSSR count). The Hall–Kier alpha value is -0.120. The fourth-order valence-electron chi connectivity index (χ4n) is 1.51. The van der Waals surface area contributed by atoms with Crippen molar-refractivity contribution in [2.45, 2.75) is 38.9 Å². The van der Waals surface area contributed by atoms with Crippen molar-refractivity contribution in [3.8, 4) is 0 Å². The second kappa shape index (κ2) is 2.69. The molecule has 0 unspecified atom stereocenters. The fourth-order valence-corrected chi connectivity index (χ4v) is 1.90. The number of nitrogens with zero attached hydrogens (tertiary/aromatic N) is 2. The lowest BCUT2D eigenvalue weighted by molar-refractivity contribution is -0.188. The van der Waals surface area contributed by atoms with Crippen LogP contribution in [0.3, 0.4) is 0 Å². The molecule has 0 fully saturated rings. The summed E-state index contributed by atoms with van der Waals surface area (Å²) in [5, 5.41) is 11.0. The first kappa shape index (κ1) is 9.96. The Bertz CT molecular complexity index is 223. The first-order valence-corrected chi connectivity index (χ1v) is 4.50. The monoisotopic (exact) mass is 190 g/mol. The third-order valence-electron chi connectivity index (χ3n) is 2.29. The first-order chi connectivity index (χ1) is 5.32. The highest BCUT2D eigenvalue weighted by atomic mass is 35.5. The topological polar surface area (TPSA) is 35.8 Å². The normalized spacial score (nSPS) is 27.3. The van der Waals surface area contributed by atoms with Gasteiger partial charge in [0, 0.05) is 0 Å². The zero-order valence-electron chi connectivity index (χ0n) is 7.93. The number of hydroxylamine groups is 2. The lowest BCUT2D eigenvalue weighted by Gasteiger charge is -2.33. The van der Waals surface area contributed by atoms with Crippen LogP contribution in [0, 0.1) is 0 Å². The van der Waals surface area contributed by atoms with E-state index in [9.17, 15) is 5.21 Å². The molecule has 0 amide bonds.